The van der Waals surface area contributed by atoms with Gasteiger partial charge in [0.25, 0.3) is 0 Å². The summed E-state index contributed by atoms with van der Waals surface area (Å²) in [6, 6.07) is 5.19. The van der Waals surface area contributed by atoms with E-state index in [0.29, 0.717) is 0 Å². The molecule has 0 bridgehead atoms. The summed E-state index contributed by atoms with van der Waals surface area (Å²) in [5, 5.41) is 0. The standard InChI is InChI=1S/C13H23NO2Si/c1-4-15-17(3,16-5-2)12-6-7-13-8-10-14-11-9-13/h8-11H,4-7,12H2,1-3H3. The second-order valence-electron chi connectivity index (χ2n) is 4.21. The molecular weight excluding hydrogens is 230 g/mol. The van der Waals surface area contributed by atoms with Crippen molar-refractivity contribution in [2.24, 2.45) is 0 Å². The Morgan fingerprint density at radius 3 is 2.24 bits per heavy atom. The summed E-state index contributed by atoms with van der Waals surface area (Å²) in [6.45, 7) is 7.72. The fourth-order valence-electron chi connectivity index (χ4n) is 1.96. The first-order valence-corrected chi connectivity index (χ1v) is 8.89. The quantitative estimate of drug-likeness (QED) is 0.667. The summed E-state index contributed by atoms with van der Waals surface area (Å²) in [5.41, 5.74) is 1.34. The normalized spacial score (nSPS) is 11.7. The molecule has 96 valence electrons. The van der Waals surface area contributed by atoms with E-state index in [0.717, 1.165) is 32.1 Å². The minimum absolute atomic E-state index is 0.748. The highest BCUT2D eigenvalue weighted by molar-refractivity contribution is 6.66. The molecule has 0 saturated heterocycles. The van der Waals surface area contributed by atoms with Gasteiger partial charge in [-0.1, -0.05) is 0 Å². The van der Waals surface area contributed by atoms with Gasteiger partial charge in [-0.15, -0.1) is 0 Å². The lowest BCUT2D eigenvalue weighted by Gasteiger charge is -2.25. The van der Waals surface area contributed by atoms with Gasteiger partial charge in [-0.3, -0.25) is 4.98 Å². The third-order valence-electron chi connectivity index (χ3n) is 2.75. The van der Waals surface area contributed by atoms with Crippen molar-refractivity contribution in [1.29, 1.82) is 0 Å². The zero-order chi connectivity index (χ0) is 12.6. The molecule has 0 radical (unpaired) electrons. The number of nitrogens with zero attached hydrogens (tertiary/aromatic N) is 1. The molecular formula is C13H23NO2Si. The molecule has 3 nitrogen and oxygen atoms in total. The monoisotopic (exact) mass is 253 g/mol. The minimum atomic E-state index is -1.92. The molecule has 0 N–H and O–H groups in total. The van der Waals surface area contributed by atoms with E-state index in [1.165, 1.54) is 5.56 Å². The lowest BCUT2D eigenvalue weighted by molar-refractivity contribution is 0.188. The Morgan fingerprint density at radius 1 is 1.12 bits per heavy atom. The van der Waals surface area contributed by atoms with Crippen LogP contribution < -0.4 is 0 Å². The van der Waals surface area contributed by atoms with Gasteiger partial charge >= 0.3 is 8.56 Å². The Labute approximate surface area is 105 Å². The van der Waals surface area contributed by atoms with Crippen molar-refractivity contribution in [3.05, 3.63) is 30.1 Å². The Hall–Kier alpha value is -0.713. The zero-order valence-corrected chi connectivity index (χ0v) is 12.1. The van der Waals surface area contributed by atoms with Crippen LogP contribution in [0.1, 0.15) is 25.8 Å². The van der Waals surface area contributed by atoms with Crippen molar-refractivity contribution in [2.45, 2.75) is 39.3 Å². The fourth-order valence-corrected chi connectivity index (χ4v) is 4.37. The van der Waals surface area contributed by atoms with Crippen LogP contribution in [0, 0.1) is 0 Å². The van der Waals surface area contributed by atoms with E-state index in [9.17, 15) is 0 Å². The average molecular weight is 253 g/mol. The predicted octanol–water partition coefficient (Wildman–Crippen LogP) is 3.16. The lowest BCUT2D eigenvalue weighted by atomic mass is 10.2. The van der Waals surface area contributed by atoms with E-state index in [-0.39, 0.29) is 0 Å². The smallest absolute Gasteiger partial charge is 0.334 e. The maximum atomic E-state index is 5.81. The number of pyridine rings is 1. The Kier molecular flexibility index (Phi) is 6.40. The summed E-state index contributed by atoms with van der Waals surface area (Å²) in [6.07, 6.45) is 5.88. The third-order valence-corrected chi connectivity index (χ3v) is 5.81. The van der Waals surface area contributed by atoms with E-state index in [4.69, 9.17) is 8.85 Å². The average Bonchev–Trinajstić information content (AvgIpc) is 2.31. The first-order chi connectivity index (χ1) is 8.20. The minimum Gasteiger partial charge on any atom is -0.395 e. The first kappa shape index (κ1) is 14.3. The van der Waals surface area contributed by atoms with Crippen molar-refractivity contribution in [2.75, 3.05) is 13.2 Å². The maximum Gasteiger partial charge on any atom is 0.334 e. The molecule has 0 saturated carbocycles. The van der Waals surface area contributed by atoms with Crippen LogP contribution >= 0.6 is 0 Å². The molecule has 17 heavy (non-hydrogen) atoms. The van der Waals surface area contributed by atoms with Crippen LogP contribution in [-0.2, 0) is 15.3 Å². The van der Waals surface area contributed by atoms with Crippen LogP contribution in [0.4, 0.5) is 0 Å². The third kappa shape index (κ3) is 5.43. The van der Waals surface area contributed by atoms with E-state index in [1.807, 2.05) is 26.2 Å². The number of aryl methyl sites for hydroxylation is 1. The van der Waals surface area contributed by atoms with Crippen molar-refractivity contribution < 1.29 is 8.85 Å². The van der Waals surface area contributed by atoms with E-state index in [2.05, 4.69) is 23.7 Å². The molecule has 0 aliphatic rings. The zero-order valence-electron chi connectivity index (χ0n) is 11.1. The largest absolute Gasteiger partial charge is 0.395 e. The second-order valence-corrected chi connectivity index (χ2v) is 7.55. The molecule has 0 atom stereocenters. The van der Waals surface area contributed by atoms with Gasteiger partial charge in [-0.05, 0) is 57.0 Å². The Balaban J connectivity index is 2.37. The van der Waals surface area contributed by atoms with Gasteiger partial charge in [0, 0.05) is 25.6 Å². The topological polar surface area (TPSA) is 31.4 Å². The van der Waals surface area contributed by atoms with Crippen LogP contribution in [0.2, 0.25) is 12.6 Å². The van der Waals surface area contributed by atoms with Gasteiger partial charge in [0.05, 0.1) is 0 Å². The van der Waals surface area contributed by atoms with Crippen LogP contribution in [0.25, 0.3) is 0 Å². The summed E-state index contributed by atoms with van der Waals surface area (Å²) in [5.74, 6) is 0. The highest BCUT2D eigenvalue weighted by atomic mass is 28.4. The lowest BCUT2D eigenvalue weighted by Crippen LogP contribution is -2.38. The van der Waals surface area contributed by atoms with Crippen LogP contribution in [0.3, 0.4) is 0 Å². The molecule has 1 aromatic heterocycles. The molecule has 0 unspecified atom stereocenters. The first-order valence-electron chi connectivity index (χ1n) is 6.37. The van der Waals surface area contributed by atoms with Crippen molar-refractivity contribution in [1.82, 2.24) is 4.98 Å². The van der Waals surface area contributed by atoms with Crippen LogP contribution in [0.15, 0.2) is 24.5 Å². The highest BCUT2D eigenvalue weighted by Gasteiger charge is 2.29. The van der Waals surface area contributed by atoms with Gasteiger partial charge in [0.2, 0.25) is 0 Å². The SMILES string of the molecule is CCO[Si](C)(CCCc1ccncc1)OCC. The summed E-state index contributed by atoms with van der Waals surface area (Å²) in [7, 11) is -1.92. The molecule has 4 heteroatoms. The number of hydrogen-bond donors (Lipinski definition) is 0. The molecule has 0 fully saturated rings. The van der Waals surface area contributed by atoms with Gasteiger partial charge in [0.15, 0.2) is 0 Å². The summed E-state index contributed by atoms with van der Waals surface area (Å²) in [4.78, 5) is 4.02. The van der Waals surface area contributed by atoms with Crippen molar-refractivity contribution in [3.63, 3.8) is 0 Å². The summed E-state index contributed by atoms with van der Waals surface area (Å²) >= 11 is 0. The molecule has 0 aromatic carbocycles. The predicted molar refractivity (Wildman–Crippen MR) is 72.2 cm³/mol. The van der Waals surface area contributed by atoms with Gasteiger partial charge < -0.3 is 8.85 Å². The molecule has 1 rings (SSSR count). The second kappa shape index (κ2) is 7.58. The van der Waals surface area contributed by atoms with Gasteiger partial charge in [-0.2, -0.15) is 0 Å². The van der Waals surface area contributed by atoms with Crippen LogP contribution in [-0.4, -0.2) is 26.8 Å². The summed E-state index contributed by atoms with van der Waals surface area (Å²) < 4.78 is 11.6. The number of aromatic nitrogens is 1. The maximum absolute atomic E-state index is 5.81. The molecule has 0 amide bonds. The molecule has 0 spiro atoms. The van der Waals surface area contributed by atoms with Crippen LogP contribution in [0.5, 0.6) is 0 Å². The number of rotatable bonds is 8. The van der Waals surface area contributed by atoms with E-state index >= 15 is 0 Å². The highest BCUT2D eigenvalue weighted by Crippen LogP contribution is 2.17. The van der Waals surface area contributed by atoms with E-state index in [1.54, 1.807) is 0 Å². The Bertz CT molecular complexity index is 300. The van der Waals surface area contributed by atoms with Gasteiger partial charge in [0.1, 0.15) is 0 Å². The fraction of sp³-hybridized carbons (Fsp3) is 0.615. The van der Waals surface area contributed by atoms with Crippen molar-refractivity contribution >= 4 is 8.56 Å². The molecule has 0 aliphatic carbocycles. The van der Waals surface area contributed by atoms with E-state index < -0.39 is 8.56 Å². The number of hydrogen-bond acceptors (Lipinski definition) is 3. The molecule has 1 aromatic rings. The molecule has 0 aliphatic heterocycles. The van der Waals surface area contributed by atoms with Crippen molar-refractivity contribution in [3.8, 4) is 0 Å². The van der Waals surface area contributed by atoms with Gasteiger partial charge in [-0.25, -0.2) is 0 Å². The molecule has 1 heterocycles. The Morgan fingerprint density at radius 2 is 1.71 bits per heavy atom.